The molecule has 2 aromatic rings. The summed E-state index contributed by atoms with van der Waals surface area (Å²) in [6.45, 7) is 11.8. The first-order chi connectivity index (χ1) is 13.9. The Morgan fingerprint density at radius 2 is 1.72 bits per heavy atom. The SMILES string of the molecule is C=Cc1c(-c2ccc(C)cc2)c(C(CCCCCC)C(=O)O)n(C)c(=O)c1C=C. The largest absolute Gasteiger partial charge is 0.481 e. The number of nitrogens with zero attached hydrogens (tertiary/aromatic N) is 1. The van der Waals surface area contributed by atoms with Crippen LogP contribution in [0.1, 0.15) is 67.3 Å². The second-order valence-corrected chi connectivity index (χ2v) is 7.47. The quantitative estimate of drug-likeness (QED) is 0.520. The number of carboxylic acids is 1. The van der Waals surface area contributed by atoms with E-state index in [1.807, 2.05) is 31.2 Å². The lowest BCUT2D eigenvalue weighted by Gasteiger charge is -2.24. The Morgan fingerprint density at radius 1 is 1.10 bits per heavy atom. The van der Waals surface area contributed by atoms with Crippen LogP contribution in [0.4, 0.5) is 0 Å². The van der Waals surface area contributed by atoms with Crippen molar-refractivity contribution in [2.24, 2.45) is 7.05 Å². The molecule has 0 amide bonds. The Labute approximate surface area is 173 Å². The third kappa shape index (κ3) is 4.76. The van der Waals surface area contributed by atoms with Crippen LogP contribution >= 0.6 is 0 Å². The van der Waals surface area contributed by atoms with Crippen molar-refractivity contribution in [2.75, 3.05) is 0 Å². The molecule has 29 heavy (non-hydrogen) atoms. The molecule has 1 aromatic heterocycles. The molecule has 1 atom stereocenters. The Hall–Kier alpha value is -2.88. The van der Waals surface area contributed by atoms with Crippen molar-refractivity contribution in [3.8, 4) is 11.1 Å². The highest BCUT2D eigenvalue weighted by Crippen LogP contribution is 2.36. The average molecular weight is 394 g/mol. The number of unbranched alkanes of at least 4 members (excludes halogenated alkanes) is 3. The minimum atomic E-state index is -0.911. The number of carboxylic acid groups (broad SMARTS) is 1. The fourth-order valence-electron chi connectivity index (χ4n) is 3.84. The monoisotopic (exact) mass is 393 g/mol. The highest BCUT2D eigenvalue weighted by atomic mass is 16.4. The van der Waals surface area contributed by atoms with Gasteiger partial charge in [-0.15, -0.1) is 0 Å². The zero-order chi connectivity index (χ0) is 21.6. The summed E-state index contributed by atoms with van der Waals surface area (Å²) in [7, 11) is 1.65. The lowest BCUT2D eigenvalue weighted by Crippen LogP contribution is -2.29. The van der Waals surface area contributed by atoms with E-state index in [-0.39, 0.29) is 5.56 Å². The predicted molar refractivity (Wildman–Crippen MR) is 121 cm³/mol. The topological polar surface area (TPSA) is 59.3 Å². The molecule has 0 aliphatic rings. The van der Waals surface area contributed by atoms with Crippen LogP contribution in [0.25, 0.3) is 23.3 Å². The van der Waals surface area contributed by atoms with Gasteiger partial charge in [-0.25, -0.2) is 0 Å². The van der Waals surface area contributed by atoms with E-state index in [4.69, 9.17) is 0 Å². The van der Waals surface area contributed by atoms with E-state index in [0.717, 1.165) is 42.4 Å². The first-order valence-corrected chi connectivity index (χ1v) is 10.2. The van der Waals surface area contributed by atoms with Crippen molar-refractivity contribution in [2.45, 2.75) is 51.9 Å². The Morgan fingerprint density at radius 3 is 2.24 bits per heavy atom. The van der Waals surface area contributed by atoms with Crippen LogP contribution in [0.5, 0.6) is 0 Å². The molecule has 154 valence electrons. The van der Waals surface area contributed by atoms with Gasteiger partial charge in [0.25, 0.3) is 5.56 Å². The number of hydrogen-bond donors (Lipinski definition) is 1. The van der Waals surface area contributed by atoms with Crippen LogP contribution < -0.4 is 5.56 Å². The zero-order valence-corrected chi connectivity index (χ0v) is 17.7. The fourth-order valence-corrected chi connectivity index (χ4v) is 3.84. The van der Waals surface area contributed by atoms with Crippen LogP contribution in [0, 0.1) is 6.92 Å². The molecule has 1 heterocycles. The Kier molecular flexibility index (Phi) is 7.77. The van der Waals surface area contributed by atoms with E-state index in [0.29, 0.717) is 23.2 Å². The van der Waals surface area contributed by atoms with Crippen molar-refractivity contribution in [3.63, 3.8) is 0 Å². The standard InChI is InChI=1S/C25H31NO3/c1-6-9-10-11-12-21(25(28)29)23-22(18-15-13-17(4)14-16-18)19(7-2)20(8-3)24(27)26(23)5/h7-8,13-16,21H,2-3,6,9-12H2,1,4-5H3,(H,28,29). The molecule has 0 spiro atoms. The van der Waals surface area contributed by atoms with E-state index in [2.05, 4.69) is 20.1 Å². The lowest BCUT2D eigenvalue weighted by atomic mass is 9.86. The van der Waals surface area contributed by atoms with Gasteiger partial charge in [-0.2, -0.15) is 0 Å². The van der Waals surface area contributed by atoms with Gasteiger partial charge >= 0.3 is 5.97 Å². The van der Waals surface area contributed by atoms with Crippen molar-refractivity contribution >= 4 is 18.1 Å². The van der Waals surface area contributed by atoms with Gasteiger partial charge in [0.2, 0.25) is 0 Å². The highest BCUT2D eigenvalue weighted by molar-refractivity contribution is 5.86. The normalized spacial score (nSPS) is 11.8. The summed E-state index contributed by atoms with van der Waals surface area (Å²) in [5, 5.41) is 10.0. The van der Waals surface area contributed by atoms with Crippen LogP contribution in [0.15, 0.2) is 42.2 Å². The minimum Gasteiger partial charge on any atom is -0.481 e. The van der Waals surface area contributed by atoms with Gasteiger partial charge in [-0.3, -0.25) is 9.59 Å². The molecule has 0 radical (unpaired) electrons. The van der Waals surface area contributed by atoms with Gasteiger partial charge in [0.1, 0.15) is 0 Å². The van der Waals surface area contributed by atoms with Crippen molar-refractivity contribution < 1.29 is 9.90 Å². The summed E-state index contributed by atoms with van der Waals surface area (Å²) in [5.74, 6) is -1.68. The highest BCUT2D eigenvalue weighted by Gasteiger charge is 2.29. The number of pyridine rings is 1. The summed E-state index contributed by atoms with van der Waals surface area (Å²) in [6, 6.07) is 7.91. The number of aromatic nitrogens is 1. The molecular formula is C25H31NO3. The number of aliphatic carboxylic acids is 1. The van der Waals surface area contributed by atoms with Crippen molar-refractivity contribution in [1.29, 1.82) is 0 Å². The Bertz CT molecular complexity index is 952. The molecule has 1 N–H and O–H groups in total. The molecule has 0 fully saturated rings. The van der Waals surface area contributed by atoms with Crippen LogP contribution in [0.2, 0.25) is 0 Å². The van der Waals surface area contributed by atoms with Crippen molar-refractivity contribution in [3.05, 3.63) is 70.2 Å². The summed E-state index contributed by atoms with van der Waals surface area (Å²) >= 11 is 0. The number of carbonyl (C=O) groups is 1. The molecule has 0 aliphatic carbocycles. The molecule has 4 nitrogen and oxygen atoms in total. The van der Waals surface area contributed by atoms with Gasteiger partial charge in [-0.05, 0) is 24.5 Å². The molecule has 0 bridgehead atoms. The van der Waals surface area contributed by atoms with Gasteiger partial charge in [0.05, 0.1) is 5.92 Å². The van der Waals surface area contributed by atoms with Crippen LogP contribution in [-0.4, -0.2) is 15.6 Å². The zero-order valence-electron chi connectivity index (χ0n) is 17.7. The van der Waals surface area contributed by atoms with E-state index < -0.39 is 11.9 Å². The molecule has 1 unspecified atom stereocenters. The number of rotatable bonds is 10. The van der Waals surface area contributed by atoms with Gasteiger partial charge in [-0.1, -0.05) is 87.7 Å². The molecule has 2 rings (SSSR count). The first kappa shape index (κ1) is 22.4. The summed E-state index contributed by atoms with van der Waals surface area (Å²) < 4.78 is 1.48. The number of aryl methyl sites for hydroxylation is 1. The maximum Gasteiger partial charge on any atom is 0.312 e. The number of hydrogen-bond acceptors (Lipinski definition) is 2. The van der Waals surface area contributed by atoms with E-state index in [1.54, 1.807) is 13.1 Å². The molecule has 0 aliphatic heterocycles. The van der Waals surface area contributed by atoms with Gasteiger partial charge in [0.15, 0.2) is 0 Å². The smallest absolute Gasteiger partial charge is 0.312 e. The van der Waals surface area contributed by atoms with Gasteiger partial charge < -0.3 is 9.67 Å². The molecule has 0 saturated carbocycles. The van der Waals surface area contributed by atoms with E-state index in [9.17, 15) is 14.7 Å². The second kappa shape index (κ2) is 10.1. The van der Waals surface area contributed by atoms with Crippen molar-refractivity contribution in [1.82, 2.24) is 4.57 Å². The summed E-state index contributed by atoms with van der Waals surface area (Å²) in [5.41, 5.74) is 4.10. The maximum atomic E-state index is 13.0. The molecule has 4 heteroatoms. The summed E-state index contributed by atoms with van der Waals surface area (Å²) in [6.07, 6.45) is 7.59. The fraction of sp³-hybridized carbons (Fsp3) is 0.360. The minimum absolute atomic E-state index is 0.249. The molecule has 1 aromatic carbocycles. The second-order valence-electron chi connectivity index (χ2n) is 7.47. The Balaban J connectivity index is 2.80. The first-order valence-electron chi connectivity index (χ1n) is 10.2. The number of benzene rings is 1. The molecular weight excluding hydrogens is 362 g/mol. The van der Waals surface area contributed by atoms with Crippen LogP contribution in [-0.2, 0) is 11.8 Å². The molecule has 0 saturated heterocycles. The third-order valence-electron chi connectivity index (χ3n) is 5.44. The van der Waals surface area contributed by atoms with Gasteiger partial charge in [0, 0.05) is 23.9 Å². The predicted octanol–water partition coefficient (Wildman–Crippen LogP) is 5.79. The van der Waals surface area contributed by atoms with Crippen LogP contribution in [0.3, 0.4) is 0 Å². The van der Waals surface area contributed by atoms with E-state index in [1.165, 1.54) is 10.6 Å². The van der Waals surface area contributed by atoms with E-state index >= 15 is 0 Å². The lowest BCUT2D eigenvalue weighted by molar-refractivity contribution is -0.139. The summed E-state index contributed by atoms with van der Waals surface area (Å²) in [4.78, 5) is 25.2. The average Bonchev–Trinajstić information content (AvgIpc) is 2.70. The maximum absolute atomic E-state index is 13.0. The third-order valence-corrected chi connectivity index (χ3v) is 5.44.